The predicted octanol–water partition coefficient (Wildman–Crippen LogP) is 2.99. The molecule has 9 nitrogen and oxygen atoms in total. The minimum atomic E-state index is -1.33. The average Bonchev–Trinajstić information content (AvgIpc) is 3.48. The first kappa shape index (κ1) is 20.3. The van der Waals surface area contributed by atoms with Gasteiger partial charge in [-0.15, -0.1) is 0 Å². The molecule has 10 heteroatoms. The van der Waals surface area contributed by atoms with Crippen LogP contribution in [0.2, 0.25) is 5.02 Å². The van der Waals surface area contributed by atoms with Crippen molar-refractivity contribution < 1.29 is 19.3 Å². The Morgan fingerprint density at radius 1 is 1.15 bits per heavy atom. The molecule has 0 saturated carbocycles. The maximum atomic E-state index is 14.0. The van der Waals surface area contributed by atoms with E-state index in [0.29, 0.717) is 29.2 Å². The Hall–Kier alpha value is -3.30. The number of carbonyl (C=O) groups is 3. The Kier molecular flexibility index (Phi) is 4.07. The smallest absolute Gasteiger partial charge is 0.274 e. The molecule has 4 atom stereocenters. The van der Waals surface area contributed by atoms with E-state index in [1.807, 2.05) is 4.90 Å². The van der Waals surface area contributed by atoms with Crippen LogP contribution in [0.1, 0.15) is 24.0 Å². The lowest BCUT2D eigenvalue weighted by Gasteiger charge is -2.36. The number of nitro groups is 1. The van der Waals surface area contributed by atoms with E-state index in [1.165, 1.54) is 25.1 Å². The number of fused-ring (bicyclic) bond motifs is 7. The molecule has 2 aromatic carbocycles. The van der Waals surface area contributed by atoms with Crippen LogP contribution in [0, 0.1) is 28.9 Å². The average molecular weight is 467 g/mol. The van der Waals surface area contributed by atoms with E-state index in [4.69, 9.17) is 11.6 Å². The van der Waals surface area contributed by atoms with E-state index in [-0.39, 0.29) is 28.9 Å². The van der Waals surface area contributed by atoms with Gasteiger partial charge in [0.05, 0.1) is 38.7 Å². The summed E-state index contributed by atoms with van der Waals surface area (Å²) in [5.74, 6) is -2.93. The molecular formula is C23H19ClN4O5. The standard InChI is InChI=1S/C23H19ClN4O5/c1-11-14(7-3-8-15(11)28(32)33)27-20(29)17-16-9-4-10-26(16)23(18(17)21(27)30)12-5-2-6-13(24)19(12)25-22(23)31/h2-3,5-8,16-18H,4,9-10H2,1H3,(H,25,31)/t16-,17-,18+,23-/m1/s1. The number of para-hydroxylation sites is 1. The molecule has 0 aromatic heterocycles. The highest BCUT2D eigenvalue weighted by molar-refractivity contribution is 6.35. The molecule has 6 rings (SSSR count). The van der Waals surface area contributed by atoms with Crippen molar-refractivity contribution in [1.82, 2.24) is 4.90 Å². The zero-order valence-corrected chi connectivity index (χ0v) is 18.3. The molecule has 1 N–H and O–H groups in total. The van der Waals surface area contributed by atoms with Gasteiger partial charge in [0.25, 0.3) is 11.6 Å². The van der Waals surface area contributed by atoms with Crippen LogP contribution in [0.25, 0.3) is 0 Å². The van der Waals surface area contributed by atoms with Gasteiger partial charge in [-0.2, -0.15) is 0 Å². The van der Waals surface area contributed by atoms with Gasteiger partial charge < -0.3 is 5.32 Å². The van der Waals surface area contributed by atoms with Crippen LogP contribution in [0.15, 0.2) is 36.4 Å². The first-order chi connectivity index (χ1) is 15.8. The van der Waals surface area contributed by atoms with Gasteiger partial charge in [-0.05, 0) is 38.4 Å². The summed E-state index contributed by atoms with van der Waals surface area (Å²) in [5, 5.41) is 14.7. The number of hydrogen-bond acceptors (Lipinski definition) is 6. The summed E-state index contributed by atoms with van der Waals surface area (Å²) >= 11 is 6.38. The van der Waals surface area contributed by atoms with Gasteiger partial charge in [0, 0.05) is 17.7 Å². The van der Waals surface area contributed by atoms with Crippen molar-refractivity contribution in [2.75, 3.05) is 16.8 Å². The Balaban J connectivity index is 1.56. The van der Waals surface area contributed by atoms with Gasteiger partial charge >= 0.3 is 0 Å². The van der Waals surface area contributed by atoms with Crippen molar-refractivity contribution in [2.45, 2.75) is 31.3 Å². The molecule has 4 aliphatic rings. The highest BCUT2D eigenvalue weighted by atomic mass is 35.5. The summed E-state index contributed by atoms with van der Waals surface area (Å²) in [7, 11) is 0. The highest BCUT2D eigenvalue weighted by Crippen LogP contribution is 2.61. The molecule has 2 aromatic rings. The predicted molar refractivity (Wildman–Crippen MR) is 119 cm³/mol. The van der Waals surface area contributed by atoms with Gasteiger partial charge in [0.2, 0.25) is 11.8 Å². The maximum Gasteiger partial charge on any atom is 0.274 e. The molecule has 3 amide bonds. The fraction of sp³-hybridized carbons (Fsp3) is 0.348. The summed E-state index contributed by atoms with van der Waals surface area (Å²) in [6.45, 7) is 2.12. The number of nitrogens with one attached hydrogen (secondary N) is 1. The third-order valence-electron chi connectivity index (χ3n) is 7.69. The van der Waals surface area contributed by atoms with Crippen molar-refractivity contribution in [3.8, 4) is 0 Å². The van der Waals surface area contributed by atoms with Gasteiger partial charge in [0.1, 0.15) is 5.54 Å². The zero-order chi connectivity index (χ0) is 23.2. The number of amides is 3. The number of hydrogen-bond donors (Lipinski definition) is 1. The number of benzene rings is 2. The number of nitrogens with zero attached hydrogens (tertiary/aromatic N) is 3. The molecule has 4 aliphatic heterocycles. The molecule has 4 heterocycles. The number of imide groups is 1. The van der Waals surface area contributed by atoms with Gasteiger partial charge in [0.15, 0.2) is 0 Å². The lowest BCUT2D eigenvalue weighted by Crippen LogP contribution is -2.54. The molecule has 33 heavy (non-hydrogen) atoms. The van der Waals surface area contributed by atoms with Crippen molar-refractivity contribution in [3.63, 3.8) is 0 Å². The third-order valence-corrected chi connectivity index (χ3v) is 8.01. The molecule has 168 valence electrons. The second kappa shape index (κ2) is 6.61. The summed E-state index contributed by atoms with van der Waals surface area (Å²) in [5.41, 5.74) is 0.0122. The third kappa shape index (κ3) is 2.28. The minimum Gasteiger partial charge on any atom is -0.323 e. The molecule has 0 bridgehead atoms. The van der Waals surface area contributed by atoms with E-state index >= 15 is 0 Å². The number of rotatable bonds is 2. The lowest BCUT2D eigenvalue weighted by atomic mass is 9.75. The maximum absolute atomic E-state index is 14.0. The Morgan fingerprint density at radius 2 is 1.91 bits per heavy atom. The monoisotopic (exact) mass is 466 g/mol. The van der Waals surface area contributed by atoms with E-state index in [2.05, 4.69) is 5.32 Å². The van der Waals surface area contributed by atoms with E-state index in [9.17, 15) is 24.5 Å². The quantitative estimate of drug-likeness (QED) is 0.413. The van der Waals surface area contributed by atoms with Crippen molar-refractivity contribution >= 4 is 46.4 Å². The second-order valence-electron chi connectivity index (χ2n) is 8.98. The van der Waals surface area contributed by atoms with Crippen LogP contribution in [-0.4, -0.2) is 40.1 Å². The first-order valence-electron chi connectivity index (χ1n) is 10.8. The number of halogens is 1. The normalized spacial score (nSPS) is 30.1. The van der Waals surface area contributed by atoms with E-state index in [1.54, 1.807) is 18.2 Å². The minimum absolute atomic E-state index is 0.168. The van der Waals surface area contributed by atoms with Gasteiger partial charge in [-0.1, -0.05) is 29.8 Å². The van der Waals surface area contributed by atoms with Crippen LogP contribution >= 0.6 is 11.6 Å². The van der Waals surface area contributed by atoms with Gasteiger partial charge in [-0.25, -0.2) is 4.90 Å². The fourth-order valence-electron chi connectivity index (χ4n) is 6.48. The second-order valence-corrected chi connectivity index (χ2v) is 9.39. The number of nitro benzene ring substituents is 1. The van der Waals surface area contributed by atoms with Crippen molar-refractivity contribution in [1.29, 1.82) is 0 Å². The molecule has 1 spiro atoms. The van der Waals surface area contributed by atoms with Crippen LogP contribution in [0.3, 0.4) is 0 Å². The lowest BCUT2D eigenvalue weighted by molar-refractivity contribution is -0.385. The summed E-state index contributed by atoms with van der Waals surface area (Å²) in [6, 6.07) is 9.27. The Morgan fingerprint density at radius 3 is 2.67 bits per heavy atom. The molecule has 3 fully saturated rings. The summed E-state index contributed by atoms with van der Waals surface area (Å²) < 4.78 is 0. The number of carbonyl (C=O) groups excluding carboxylic acids is 3. The fourth-order valence-corrected chi connectivity index (χ4v) is 6.71. The molecule has 0 radical (unpaired) electrons. The Bertz CT molecular complexity index is 1300. The SMILES string of the molecule is Cc1c(N2C(=O)[C@@H]3[C@H]4CCCN4[C@@]4(C(=O)Nc5c(Cl)cccc54)[C@@H]3C2=O)cccc1[N+](=O)[O-]. The van der Waals surface area contributed by atoms with E-state index in [0.717, 1.165) is 11.3 Å². The van der Waals surface area contributed by atoms with E-state index < -0.39 is 34.1 Å². The van der Waals surface area contributed by atoms with Crippen LogP contribution < -0.4 is 10.2 Å². The van der Waals surface area contributed by atoms with Crippen LogP contribution in [-0.2, 0) is 19.9 Å². The summed E-state index contributed by atoms with van der Waals surface area (Å²) in [4.78, 5) is 55.3. The van der Waals surface area contributed by atoms with Crippen LogP contribution in [0.5, 0.6) is 0 Å². The first-order valence-corrected chi connectivity index (χ1v) is 11.2. The number of anilines is 2. The van der Waals surface area contributed by atoms with Crippen LogP contribution in [0.4, 0.5) is 17.1 Å². The molecule has 0 aliphatic carbocycles. The highest BCUT2D eigenvalue weighted by Gasteiger charge is 2.74. The van der Waals surface area contributed by atoms with Crippen molar-refractivity contribution in [2.24, 2.45) is 11.8 Å². The van der Waals surface area contributed by atoms with Crippen molar-refractivity contribution in [3.05, 3.63) is 62.7 Å². The topological polar surface area (TPSA) is 113 Å². The summed E-state index contributed by atoms with van der Waals surface area (Å²) in [6.07, 6.45) is 1.49. The zero-order valence-electron chi connectivity index (χ0n) is 17.6. The molecular weight excluding hydrogens is 448 g/mol. The molecule has 3 saturated heterocycles. The molecule has 0 unspecified atom stereocenters. The Labute approximate surface area is 193 Å². The van der Waals surface area contributed by atoms with Gasteiger partial charge in [-0.3, -0.25) is 29.4 Å². The largest absolute Gasteiger partial charge is 0.323 e.